The van der Waals surface area contributed by atoms with Gasteiger partial charge in [-0.05, 0) is 42.0 Å². The third kappa shape index (κ3) is 4.21. The Morgan fingerprint density at radius 2 is 2.04 bits per heavy atom. The molecule has 1 heterocycles. The molecule has 2 aromatic carbocycles. The first-order chi connectivity index (χ1) is 13.1. The molecule has 1 aliphatic heterocycles. The highest BCUT2D eigenvalue weighted by Gasteiger charge is 2.43. The lowest BCUT2D eigenvalue weighted by atomic mass is 10.0. The van der Waals surface area contributed by atoms with Gasteiger partial charge in [-0.3, -0.25) is 14.5 Å². The Kier molecular flexibility index (Phi) is 6.26. The van der Waals surface area contributed by atoms with Gasteiger partial charge in [0.25, 0.3) is 0 Å². The molecule has 1 saturated heterocycles. The second-order valence-electron chi connectivity index (χ2n) is 6.40. The van der Waals surface area contributed by atoms with E-state index in [4.69, 9.17) is 4.74 Å². The van der Waals surface area contributed by atoms with Crippen molar-refractivity contribution in [1.82, 2.24) is 4.90 Å². The van der Waals surface area contributed by atoms with Gasteiger partial charge in [-0.2, -0.15) is 0 Å². The average Bonchev–Trinajstić information content (AvgIpc) is 3.06. The van der Waals surface area contributed by atoms with Crippen LogP contribution in [0.15, 0.2) is 53.0 Å². The van der Waals surface area contributed by atoms with Crippen LogP contribution in [0.1, 0.15) is 5.56 Å². The number of aliphatic hydroxyl groups is 1. The van der Waals surface area contributed by atoms with Crippen LogP contribution >= 0.6 is 15.9 Å². The Hall–Kier alpha value is -2.22. The van der Waals surface area contributed by atoms with E-state index in [1.807, 2.05) is 58.3 Å². The van der Waals surface area contributed by atoms with Gasteiger partial charge < -0.3 is 14.7 Å². The number of halogens is 1. The van der Waals surface area contributed by atoms with Crippen molar-refractivity contribution in [3.63, 3.8) is 0 Å². The van der Waals surface area contributed by atoms with Crippen LogP contribution in [0.5, 0.6) is 5.75 Å². The Bertz CT molecular complexity index is 812. The molecule has 0 spiro atoms. The molecular weight excluding hydrogens is 412 g/mol. The number of ketones is 1. The summed E-state index contributed by atoms with van der Waals surface area (Å²) >= 11 is 3.40. The normalized spacial score (nSPS) is 19.9. The molecule has 2 aromatic rings. The lowest BCUT2D eigenvalue weighted by Gasteiger charge is -2.25. The first kappa shape index (κ1) is 19.5. The molecule has 6 nitrogen and oxygen atoms in total. The number of benzene rings is 2. The summed E-state index contributed by atoms with van der Waals surface area (Å²) in [5.74, 6) is 0.211. The number of hydrogen-bond donors (Lipinski definition) is 1. The summed E-state index contributed by atoms with van der Waals surface area (Å²) in [6, 6.07) is 14.0. The predicted octanol–water partition coefficient (Wildman–Crippen LogP) is 2.23. The minimum absolute atomic E-state index is 0.221. The first-order valence-electron chi connectivity index (χ1n) is 8.56. The molecule has 3 rings (SSSR count). The standard InChI is InChI=1S/C20H21BrN2O4/c1-27-17-4-2-3-14(9-17)10-22-13-23(16-7-5-15(21)6-8-16)20(18(22)11-24)19(26)12-25/h2-9,12,18,20,24H,10-11,13H2,1H3. The number of carbonyl (C=O) groups is 2. The minimum atomic E-state index is -0.723. The van der Waals surface area contributed by atoms with Gasteiger partial charge >= 0.3 is 0 Å². The number of Topliss-reactive ketones (excluding diaryl/α,β-unsaturated/α-hetero) is 1. The minimum Gasteiger partial charge on any atom is -0.497 e. The maximum Gasteiger partial charge on any atom is 0.219 e. The van der Waals surface area contributed by atoms with Crippen LogP contribution in [0.3, 0.4) is 0 Å². The maximum atomic E-state index is 12.4. The van der Waals surface area contributed by atoms with Crippen LogP contribution in [-0.2, 0) is 16.1 Å². The van der Waals surface area contributed by atoms with E-state index in [2.05, 4.69) is 15.9 Å². The molecule has 0 aromatic heterocycles. The topological polar surface area (TPSA) is 70.1 Å². The molecule has 142 valence electrons. The molecule has 1 fully saturated rings. The van der Waals surface area contributed by atoms with E-state index in [0.29, 0.717) is 19.5 Å². The molecule has 7 heteroatoms. The molecule has 0 saturated carbocycles. The number of hydrogen-bond acceptors (Lipinski definition) is 6. The number of aldehydes is 1. The zero-order valence-electron chi connectivity index (χ0n) is 14.9. The summed E-state index contributed by atoms with van der Waals surface area (Å²) in [5, 5.41) is 9.97. The second-order valence-corrected chi connectivity index (χ2v) is 7.32. The number of carbonyl (C=O) groups excluding carboxylic acids is 2. The Morgan fingerprint density at radius 1 is 1.30 bits per heavy atom. The third-order valence-corrected chi connectivity index (χ3v) is 5.30. The van der Waals surface area contributed by atoms with Crippen LogP contribution in [0.4, 0.5) is 5.69 Å². The molecular formula is C20H21BrN2O4. The zero-order chi connectivity index (χ0) is 19.4. The summed E-state index contributed by atoms with van der Waals surface area (Å²) in [6.07, 6.45) is 0.341. The van der Waals surface area contributed by atoms with Gasteiger partial charge in [-0.1, -0.05) is 28.1 Å². The predicted molar refractivity (Wildman–Crippen MR) is 106 cm³/mol. The van der Waals surface area contributed by atoms with Gasteiger partial charge in [0.15, 0.2) is 6.29 Å². The summed E-state index contributed by atoms with van der Waals surface area (Å²) in [4.78, 5) is 27.5. The number of rotatable bonds is 7. The van der Waals surface area contributed by atoms with Crippen LogP contribution in [0.25, 0.3) is 0 Å². The summed E-state index contributed by atoms with van der Waals surface area (Å²) in [5.41, 5.74) is 1.83. The van der Waals surface area contributed by atoms with Crippen molar-refractivity contribution in [2.24, 2.45) is 0 Å². The molecule has 2 unspecified atom stereocenters. The van der Waals surface area contributed by atoms with Gasteiger partial charge in [-0.15, -0.1) is 0 Å². The highest BCUT2D eigenvalue weighted by atomic mass is 79.9. The zero-order valence-corrected chi connectivity index (χ0v) is 16.5. The molecule has 0 bridgehead atoms. The SMILES string of the molecule is COc1cccc(CN2CN(c3ccc(Br)cc3)C(C(=O)C=O)C2CO)c1. The smallest absolute Gasteiger partial charge is 0.219 e. The van der Waals surface area contributed by atoms with Crippen LogP contribution < -0.4 is 9.64 Å². The van der Waals surface area contributed by atoms with Crippen molar-refractivity contribution in [3.8, 4) is 5.75 Å². The Morgan fingerprint density at radius 3 is 2.67 bits per heavy atom. The average molecular weight is 433 g/mol. The second kappa shape index (κ2) is 8.65. The van der Waals surface area contributed by atoms with Gasteiger partial charge in [0, 0.05) is 16.7 Å². The lowest BCUT2D eigenvalue weighted by molar-refractivity contribution is -0.131. The van der Waals surface area contributed by atoms with Crippen molar-refractivity contribution in [3.05, 3.63) is 58.6 Å². The van der Waals surface area contributed by atoms with Gasteiger partial charge in [0.05, 0.1) is 26.4 Å². The highest BCUT2D eigenvalue weighted by molar-refractivity contribution is 9.10. The summed E-state index contributed by atoms with van der Waals surface area (Å²) in [7, 11) is 1.61. The van der Waals surface area contributed by atoms with E-state index in [9.17, 15) is 14.7 Å². The van der Waals surface area contributed by atoms with E-state index in [1.54, 1.807) is 7.11 Å². The molecule has 1 aliphatic rings. The molecule has 27 heavy (non-hydrogen) atoms. The summed E-state index contributed by atoms with van der Waals surface area (Å²) in [6.45, 7) is 0.730. The van der Waals surface area contributed by atoms with Crippen LogP contribution in [-0.4, -0.2) is 54.5 Å². The largest absolute Gasteiger partial charge is 0.497 e. The van der Waals surface area contributed by atoms with Crippen molar-refractivity contribution < 1.29 is 19.4 Å². The molecule has 1 N–H and O–H groups in total. The molecule has 0 radical (unpaired) electrons. The molecule has 2 atom stereocenters. The van der Waals surface area contributed by atoms with Crippen molar-refractivity contribution in [1.29, 1.82) is 0 Å². The van der Waals surface area contributed by atoms with Crippen LogP contribution in [0, 0.1) is 0 Å². The first-order valence-corrected chi connectivity index (χ1v) is 9.35. The van der Waals surface area contributed by atoms with E-state index in [0.717, 1.165) is 21.5 Å². The number of aliphatic hydroxyl groups excluding tert-OH is 1. The lowest BCUT2D eigenvalue weighted by Crippen LogP contribution is -2.46. The van der Waals surface area contributed by atoms with E-state index >= 15 is 0 Å². The highest BCUT2D eigenvalue weighted by Crippen LogP contribution is 2.30. The molecule has 0 aliphatic carbocycles. The Balaban J connectivity index is 1.91. The fraction of sp³-hybridized carbons (Fsp3) is 0.300. The number of anilines is 1. The monoisotopic (exact) mass is 432 g/mol. The van der Waals surface area contributed by atoms with E-state index < -0.39 is 17.9 Å². The van der Waals surface area contributed by atoms with Gasteiger partial charge in [0.2, 0.25) is 5.78 Å². The quantitative estimate of drug-likeness (QED) is 0.534. The number of nitrogens with zero attached hydrogens (tertiary/aromatic N) is 2. The Labute approximate surface area is 166 Å². The number of methoxy groups -OCH3 is 1. The fourth-order valence-electron chi connectivity index (χ4n) is 3.47. The summed E-state index contributed by atoms with van der Waals surface area (Å²) < 4.78 is 6.19. The van der Waals surface area contributed by atoms with Crippen molar-refractivity contribution in [2.75, 3.05) is 25.3 Å². The van der Waals surface area contributed by atoms with Crippen LogP contribution in [0.2, 0.25) is 0 Å². The maximum absolute atomic E-state index is 12.4. The van der Waals surface area contributed by atoms with E-state index in [-0.39, 0.29) is 6.61 Å². The fourth-order valence-corrected chi connectivity index (χ4v) is 3.74. The van der Waals surface area contributed by atoms with Crippen molar-refractivity contribution in [2.45, 2.75) is 18.6 Å². The third-order valence-electron chi connectivity index (χ3n) is 4.78. The van der Waals surface area contributed by atoms with Gasteiger partial charge in [-0.25, -0.2) is 0 Å². The number of ether oxygens (including phenoxy) is 1. The molecule has 0 amide bonds. The van der Waals surface area contributed by atoms with Gasteiger partial charge in [0.1, 0.15) is 11.8 Å². The van der Waals surface area contributed by atoms with Crippen molar-refractivity contribution >= 4 is 33.7 Å². The van der Waals surface area contributed by atoms with E-state index in [1.165, 1.54) is 0 Å².